The van der Waals surface area contributed by atoms with Gasteiger partial charge in [-0.05, 0) is 47.6 Å². The van der Waals surface area contributed by atoms with Crippen LogP contribution in [0, 0.1) is 0 Å². The van der Waals surface area contributed by atoms with E-state index < -0.39 is 5.60 Å². The van der Waals surface area contributed by atoms with E-state index in [1.54, 1.807) is 0 Å². The quantitative estimate of drug-likeness (QED) is 0.512. The lowest BCUT2D eigenvalue weighted by Crippen LogP contribution is -2.42. The highest BCUT2D eigenvalue weighted by molar-refractivity contribution is 5.83. The Labute approximate surface area is 166 Å². The van der Waals surface area contributed by atoms with Gasteiger partial charge in [-0.1, -0.05) is 97.1 Å². The topological polar surface area (TPSA) is 23.5 Å². The Morgan fingerprint density at radius 1 is 0.643 bits per heavy atom. The Hall–Kier alpha value is -2.94. The number of hydrogen-bond donors (Lipinski definition) is 1. The molecule has 140 valence electrons. The summed E-state index contributed by atoms with van der Waals surface area (Å²) in [7, 11) is 4.05. The van der Waals surface area contributed by atoms with Gasteiger partial charge in [0.05, 0.1) is 6.04 Å². The van der Waals surface area contributed by atoms with Crippen molar-refractivity contribution in [3.63, 3.8) is 0 Å². The largest absolute Gasteiger partial charge is 0.378 e. The number of hydrogen-bond acceptors (Lipinski definition) is 2. The lowest BCUT2D eigenvalue weighted by Gasteiger charge is -2.41. The summed E-state index contributed by atoms with van der Waals surface area (Å²) in [6.45, 7) is 0. The molecule has 0 bridgehead atoms. The van der Waals surface area contributed by atoms with Gasteiger partial charge < -0.3 is 5.11 Å². The number of likely N-dealkylation sites (N-methyl/N-ethyl adjacent to an activating group) is 1. The number of benzene rings is 4. The van der Waals surface area contributed by atoms with Gasteiger partial charge in [-0.2, -0.15) is 0 Å². The molecule has 2 nitrogen and oxygen atoms in total. The summed E-state index contributed by atoms with van der Waals surface area (Å²) < 4.78 is 0. The van der Waals surface area contributed by atoms with Gasteiger partial charge in [-0.25, -0.2) is 0 Å². The van der Waals surface area contributed by atoms with Crippen LogP contribution < -0.4 is 0 Å². The molecule has 0 saturated carbocycles. The minimum atomic E-state index is -1.19. The van der Waals surface area contributed by atoms with Gasteiger partial charge in [0.25, 0.3) is 0 Å². The first-order chi connectivity index (χ1) is 13.6. The molecule has 4 aromatic carbocycles. The molecule has 1 N–H and O–H groups in total. The lowest BCUT2D eigenvalue weighted by molar-refractivity contribution is -0.00467. The normalized spacial score (nSPS) is 13.0. The predicted octanol–water partition coefficient (Wildman–Crippen LogP) is 5.38. The van der Waals surface area contributed by atoms with Crippen LogP contribution in [0.4, 0.5) is 0 Å². The number of rotatable bonds is 5. The van der Waals surface area contributed by atoms with Crippen molar-refractivity contribution in [1.29, 1.82) is 0 Å². The molecule has 0 radical (unpaired) electrons. The van der Waals surface area contributed by atoms with E-state index in [0.29, 0.717) is 0 Å². The molecule has 0 spiro atoms. The van der Waals surface area contributed by atoms with Gasteiger partial charge in [0.2, 0.25) is 0 Å². The molecule has 0 amide bonds. The van der Waals surface area contributed by atoms with E-state index in [4.69, 9.17) is 0 Å². The van der Waals surface area contributed by atoms with Crippen LogP contribution >= 0.6 is 0 Å². The number of fused-ring (bicyclic) bond motifs is 1. The van der Waals surface area contributed by atoms with Crippen molar-refractivity contribution >= 4 is 10.8 Å². The van der Waals surface area contributed by atoms with E-state index in [1.165, 1.54) is 10.8 Å². The van der Waals surface area contributed by atoms with Crippen molar-refractivity contribution in [3.8, 4) is 0 Å². The summed E-state index contributed by atoms with van der Waals surface area (Å²) in [6.07, 6.45) is 0. The van der Waals surface area contributed by atoms with E-state index >= 15 is 0 Å². The smallest absolute Gasteiger partial charge is 0.134 e. The van der Waals surface area contributed by atoms with Crippen LogP contribution in [0.1, 0.15) is 22.7 Å². The Morgan fingerprint density at radius 2 is 1.14 bits per heavy atom. The minimum absolute atomic E-state index is 0.248. The van der Waals surface area contributed by atoms with Crippen molar-refractivity contribution in [2.75, 3.05) is 14.1 Å². The molecule has 2 heteroatoms. The van der Waals surface area contributed by atoms with E-state index in [-0.39, 0.29) is 6.04 Å². The van der Waals surface area contributed by atoms with Crippen LogP contribution in [0.25, 0.3) is 10.8 Å². The summed E-state index contributed by atoms with van der Waals surface area (Å²) in [5, 5.41) is 14.6. The standard InChI is InChI=1S/C26H25NO/c1-27(2)25(22-18-17-20-11-9-10-12-21(20)19-22)26(28,23-13-5-3-6-14-23)24-15-7-4-8-16-24/h3-19,25,28H,1-2H3. The summed E-state index contributed by atoms with van der Waals surface area (Å²) in [6, 6.07) is 34.5. The number of nitrogens with zero attached hydrogens (tertiary/aromatic N) is 1. The summed E-state index contributed by atoms with van der Waals surface area (Å²) >= 11 is 0. The lowest BCUT2D eigenvalue weighted by atomic mass is 9.76. The fourth-order valence-corrected chi connectivity index (χ4v) is 4.16. The molecule has 0 aliphatic rings. The minimum Gasteiger partial charge on any atom is -0.378 e. The van der Waals surface area contributed by atoms with Gasteiger partial charge >= 0.3 is 0 Å². The molecular weight excluding hydrogens is 342 g/mol. The summed E-state index contributed by atoms with van der Waals surface area (Å²) in [5.74, 6) is 0. The Kier molecular flexibility index (Phi) is 4.99. The molecule has 0 fully saturated rings. The second kappa shape index (κ2) is 7.59. The third-order valence-electron chi connectivity index (χ3n) is 5.43. The van der Waals surface area contributed by atoms with E-state index in [2.05, 4.69) is 47.4 Å². The highest BCUT2D eigenvalue weighted by atomic mass is 16.3. The zero-order chi connectivity index (χ0) is 19.6. The average molecular weight is 367 g/mol. The molecule has 4 aromatic rings. The maximum Gasteiger partial charge on any atom is 0.134 e. The second-order valence-corrected chi connectivity index (χ2v) is 7.47. The van der Waals surface area contributed by atoms with Gasteiger partial charge in [-0.3, -0.25) is 4.90 Å². The number of aliphatic hydroxyl groups is 1. The van der Waals surface area contributed by atoms with Gasteiger partial charge in [0.15, 0.2) is 0 Å². The summed E-state index contributed by atoms with van der Waals surface area (Å²) in [4.78, 5) is 2.10. The maximum atomic E-state index is 12.3. The third kappa shape index (κ3) is 3.22. The first kappa shape index (κ1) is 18.4. The molecule has 0 aliphatic heterocycles. The van der Waals surface area contributed by atoms with Crippen LogP contribution in [-0.2, 0) is 5.60 Å². The molecule has 1 unspecified atom stereocenters. The van der Waals surface area contributed by atoms with Crippen LogP contribution in [0.15, 0.2) is 103 Å². The van der Waals surface area contributed by atoms with Gasteiger partial charge in [-0.15, -0.1) is 0 Å². The molecular formula is C26H25NO. The molecule has 28 heavy (non-hydrogen) atoms. The van der Waals surface area contributed by atoms with Crippen LogP contribution in [0.3, 0.4) is 0 Å². The average Bonchev–Trinajstić information content (AvgIpc) is 2.74. The van der Waals surface area contributed by atoms with Crippen LogP contribution in [0.2, 0.25) is 0 Å². The van der Waals surface area contributed by atoms with Crippen LogP contribution in [0.5, 0.6) is 0 Å². The first-order valence-electron chi connectivity index (χ1n) is 9.59. The maximum absolute atomic E-state index is 12.3. The van der Waals surface area contributed by atoms with Crippen molar-refractivity contribution in [2.24, 2.45) is 0 Å². The zero-order valence-electron chi connectivity index (χ0n) is 16.3. The third-order valence-corrected chi connectivity index (χ3v) is 5.43. The molecule has 0 aliphatic carbocycles. The Balaban J connectivity index is 1.95. The zero-order valence-corrected chi connectivity index (χ0v) is 16.3. The van der Waals surface area contributed by atoms with E-state index in [1.807, 2.05) is 74.8 Å². The van der Waals surface area contributed by atoms with Gasteiger partial charge in [0, 0.05) is 0 Å². The molecule has 4 rings (SSSR count). The van der Waals surface area contributed by atoms with Crippen molar-refractivity contribution in [1.82, 2.24) is 4.90 Å². The highest BCUT2D eigenvalue weighted by Crippen LogP contribution is 2.44. The van der Waals surface area contributed by atoms with Crippen molar-refractivity contribution in [2.45, 2.75) is 11.6 Å². The Bertz CT molecular complexity index is 1020. The summed E-state index contributed by atoms with van der Waals surface area (Å²) in [5.41, 5.74) is 1.66. The second-order valence-electron chi connectivity index (χ2n) is 7.47. The molecule has 0 saturated heterocycles. The fraction of sp³-hybridized carbons (Fsp3) is 0.154. The van der Waals surface area contributed by atoms with E-state index in [9.17, 15) is 5.11 Å². The monoisotopic (exact) mass is 367 g/mol. The highest BCUT2D eigenvalue weighted by Gasteiger charge is 2.42. The van der Waals surface area contributed by atoms with E-state index in [0.717, 1.165) is 16.7 Å². The predicted molar refractivity (Wildman–Crippen MR) is 116 cm³/mol. The fourth-order valence-electron chi connectivity index (χ4n) is 4.16. The van der Waals surface area contributed by atoms with Crippen LogP contribution in [-0.4, -0.2) is 24.1 Å². The first-order valence-corrected chi connectivity index (χ1v) is 9.59. The SMILES string of the molecule is CN(C)C(c1ccc2ccccc2c1)C(O)(c1ccccc1)c1ccccc1. The molecule has 0 aromatic heterocycles. The van der Waals surface area contributed by atoms with Crippen molar-refractivity contribution in [3.05, 3.63) is 120 Å². The van der Waals surface area contributed by atoms with Gasteiger partial charge in [0.1, 0.15) is 5.60 Å². The Morgan fingerprint density at radius 3 is 1.68 bits per heavy atom. The van der Waals surface area contributed by atoms with Crippen molar-refractivity contribution < 1.29 is 5.11 Å². The molecule has 1 atom stereocenters. The molecule has 0 heterocycles.